The topological polar surface area (TPSA) is 93.9 Å². The van der Waals surface area contributed by atoms with Crippen LogP contribution in [0.4, 0.5) is 4.79 Å². The number of hydrogen-bond donors (Lipinski definition) is 2. The van der Waals surface area contributed by atoms with Gasteiger partial charge >= 0.3 is 6.03 Å². The van der Waals surface area contributed by atoms with Crippen molar-refractivity contribution < 1.29 is 19.1 Å². The molecule has 1 atom stereocenters. The molecule has 1 aliphatic heterocycles. The molecule has 126 valence electrons. The smallest absolute Gasteiger partial charge is 0.314 e. The summed E-state index contributed by atoms with van der Waals surface area (Å²) in [5.41, 5.74) is 6.20. The molecule has 1 saturated heterocycles. The van der Waals surface area contributed by atoms with Gasteiger partial charge in [-0.25, -0.2) is 4.79 Å². The number of benzene rings is 1. The zero-order chi connectivity index (χ0) is 16.8. The summed E-state index contributed by atoms with van der Waals surface area (Å²) >= 11 is 0. The number of likely N-dealkylation sites (tertiary alicyclic amines) is 1. The number of carbonyl (C=O) groups excluding carboxylic acids is 2. The highest BCUT2D eigenvalue weighted by molar-refractivity contribution is 5.80. The van der Waals surface area contributed by atoms with Crippen LogP contribution in [0.15, 0.2) is 18.2 Å². The molecule has 0 saturated carbocycles. The normalized spacial score (nSPS) is 17.5. The van der Waals surface area contributed by atoms with E-state index in [0.29, 0.717) is 31.1 Å². The number of rotatable bonds is 5. The first-order chi connectivity index (χ1) is 11.0. The minimum absolute atomic E-state index is 0.0641. The van der Waals surface area contributed by atoms with Gasteiger partial charge in [0.05, 0.1) is 20.1 Å². The van der Waals surface area contributed by atoms with Crippen molar-refractivity contribution in [1.82, 2.24) is 10.2 Å². The lowest BCUT2D eigenvalue weighted by molar-refractivity contribution is -0.126. The Labute approximate surface area is 135 Å². The lowest BCUT2D eigenvalue weighted by atomic mass is 9.97. The zero-order valence-corrected chi connectivity index (χ0v) is 13.5. The van der Waals surface area contributed by atoms with E-state index < -0.39 is 6.03 Å². The quantitative estimate of drug-likeness (QED) is 0.849. The van der Waals surface area contributed by atoms with E-state index in [9.17, 15) is 9.59 Å². The molecule has 3 N–H and O–H groups in total. The number of nitrogens with one attached hydrogen (secondary N) is 1. The van der Waals surface area contributed by atoms with Crippen LogP contribution in [-0.2, 0) is 11.3 Å². The fourth-order valence-corrected chi connectivity index (χ4v) is 2.72. The molecule has 0 radical (unpaired) electrons. The molecule has 1 heterocycles. The fourth-order valence-electron chi connectivity index (χ4n) is 2.72. The molecule has 3 amide bonds. The Morgan fingerprint density at radius 2 is 2.04 bits per heavy atom. The van der Waals surface area contributed by atoms with E-state index in [1.54, 1.807) is 20.3 Å². The number of methoxy groups -OCH3 is 2. The van der Waals surface area contributed by atoms with Crippen molar-refractivity contribution in [1.29, 1.82) is 0 Å². The summed E-state index contributed by atoms with van der Waals surface area (Å²) in [5, 5.41) is 2.90. The van der Waals surface area contributed by atoms with Crippen molar-refractivity contribution in [3.8, 4) is 11.5 Å². The van der Waals surface area contributed by atoms with Crippen molar-refractivity contribution in [3.63, 3.8) is 0 Å². The summed E-state index contributed by atoms with van der Waals surface area (Å²) in [5.74, 6) is 0.992. The predicted molar refractivity (Wildman–Crippen MR) is 85.3 cm³/mol. The minimum atomic E-state index is -0.470. The summed E-state index contributed by atoms with van der Waals surface area (Å²) in [6, 6.07) is 5.03. The standard InChI is InChI=1S/C16H23N3O4/c1-22-13-6-5-11(8-14(13)23-2)9-18-15(20)12-4-3-7-19(10-12)16(17)21/h5-6,8,12H,3-4,7,9-10H2,1-2H3,(H2,17,21)(H,18,20)/t12-/m1/s1. The van der Waals surface area contributed by atoms with Crippen molar-refractivity contribution >= 4 is 11.9 Å². The molecule has 23 heavy (non-hydrogen) atoms. The number of primary amides is 1. The third-order valence-corrected chi connectivity index (χ3v) is 4.02. The van der Waals surface area contributed by atoms with E-state index >= 15 is 0 Å². The minimum Gasteiger partial charge on any atom is -0.493 e. The van der Waals surface area contributed by atoms with E-state index in [1.807, 2.05) is 12.1 Å². The number of piperidine rings is 1. The van der Waals surface area contributed by atoms with Crippen LogP contribution in [0.2, 0.25) is 0 Å². The molecule has 1 fully saturated rings. The highest BCUT2D eigenvalue weighted by Gasteiger charge is 2.27. The lowest BCUT2D eigenvalue weighted by Gasteiger charge is -2.30. The maximum Gasteiger partial charge on any atom is 0.314 e. The first-order valence-electron chi connectivity index (χ1n) is 7.58. The Balaban J connectivity index is 1.92. The Hall–Kier alpha value is -2.44. The maximum atomic E-state index is 12.3. The lowest BCUT2D eigenvalue weighted by Crippen LogP contribution is -2.47. The average molecular weight is 321 g/mol. The highest BCUT2D eigenvalue weighted by Crippen LogP contribution is 2.27. The molecule has 0 unspecified atom stereocenters. The van der Waals surface area contributed by atoms with Crippen LogP contribution in [-0.4, -0.2) is 44.1 Å². The SMILES string of the molecule is COc1ccc(CNC(=O)[C@@H]2CCCN(C(N)=O)C2)cc1OC. The second-order valence-electron chi connectivity index (χ2n) is 5.53. The van der Waals surface area contributed by atoms with E-state index in [0.717, 1.165) is 18.4 Å². The van der Waals surface area contributed by atoms with Gasteiger partial charge in [-0.3, -0.25) is 4.79 Å². The van der Waals surface area contributed by atoms with Crippen LogP contribution in [0.25, 0.3) is 0 Å². The van der Waals surface area contributed by atoms with Crippen LogP contribution in [0.3, 0.4) is 0 Å². The van der Waals surface area contributed by atoms with Crippen molar-refractivity contribution in [3.05, 3.63) is 23.8 Å². The second kappa shape index (κ2) is 7.71. The molecule has 0 aliphatic carbocycles. The number of urea groups is 1. The van der Waals surface area contributed by atoms with Crippen LogP contribution < -0.4 is 20.5 Å². The number of ether oxygens (including phenoxy) is 2. The van der Waals surface area contributed by atoms with Gasteiger partial charge in [0.1, 0.15) is 0 Å². The van der Waals surface area contributed by atoms with Gasteiger partial charge in [-0.1, -0.05) is 6.07 Å². The molecular formula is C16H23N3O4. The Kier molecular flexibility index (Phi) is 5.67. The molecule has 2 rings (SSSR count). The zero-order valence-electron chi connectivity index (χ0n) is 13.5. The predicted octanol–water partition coefficient (Wildman–Crippen LogP) is 1.11. The average Bonchev–Trinajstić information content (AvgIpc) is 2.59. The molecular weight excluding hydrogens is 298 g/mol. The third-order valence-electron chi connectivity index (χ3n) is 4.02. The van der Waals surface area contributed by atoms with Gasteiger partial charge in [0.2, 0.25) is 5.91 Å². The Bertz CT molecular complexity index is 576. The molecule has 1 aromatic rings. The van der Waals surface area contributed by atoms with E-state index in [4.69, 9.17) is 15.2 Å². The van der Waals surface area contributed by atoms with Crippen molar-refractivity contribution in [2.75, 3.05) is 27.3 Å². The van der Waals surface area contributed by atoms with Gasteiger partial charge in [0.25, 0.3) is 0 Å². The summed E-state index contributed by atoms with van der Waals surface area (Å²) in [4.78, 5) is 25.0. The van der Waals surface area contributed by atoms with Crippen LogP contribution in [0, 0.1) is 5.92 Å². The largest absolute Gasteiger partial charge is 0.493 e. The van der Waals surface area contributed by atoms with E-state index in [-0.39, 0.29) is 11.8 Å². The van der Waals surface area contributed by atoms with Gasteiger partial charge < -0.3 is 25.4 Å². The van der Waals surface area contributed by atoms with E-state index in [1.165, 1.54) is 4.90 Å². The maximum absolute atomic E-state index is 12.3. The number of nitrogens with two attached hydrogens (primary N) is 1. The van der Waals surface area contributed by atoms with E-state index in [2.05, 4.69) is 5.32 Å². The second-order valence-corrected chi connectivity index (χ2v) is 5.53. The molecule has 0 spiro atoms. The summed E-state index contributed by atoms with van der Waals surface area (Å²) in [7, 11) is 3.15. The van der Waals surface area contributed by atoms with Gasteiger partial charge in [-0.15, -0.1) is 0 Å². The third kappa shape index (κ3) is 4.28. The molecule has 0 bridgehead atoms. The Morgan fingerprint density at radius 1 is 1.30 bits per heavy atom. The van der Waals surface area contributed by atoms with Gasteiger partial charge in [-0.05, 0) is 30.5 Å². The fraction of sp³-hybridized carbons (Fsp3) is 0.500. The number of amides is 3. The molecule has 7 nitrogen and oxygen atoms in total. The van der Waals surface area contributed by atoms with Gasteiger partial charge in [0, 0.05) is 19.6 Å². The Morgan fingerprint density at radius 3 is 2.70 bits per heavy atom. The molecule has 7 heteroatoms. The van der Waals surface area contributed by atoms with Gasteiger partial charge in [0.15, 0.2) is 11.5 Å². The van der Waals surface area contributed by atoms with Crippen molar-refractivity contribution in [2.24, 2.45) is 11.7 Å². The first-order valence-corrected chi connectivity index (χ1v) is 7.58. The summed E-state index contributed by atoms with van der Waals surface area (Å²) in [6.45, 7) is 1.40. The molecule has 1 aliphatic rings. The number of nitrogens with zero attached hydrogens (tertiary/aromatic N) is 1. The molecule has 0 aromatic heterocycles. The highest BCUT2D eigenvalue weighted by atomic mass is 16.5. The van der Waals surface area contributed by atoms with Crippen LogP contribution in [0.1, 0.15) is 18.4 Å². The number of carbonyl (C=O) groups is 2. The first kappa shape index (κ1) is 16.9. The van der Waals surface area contributed by atoms with Crippen molar-refractivity contribution in [2.45, 2.75) is 19.4 Å². The molecule has 1 aromatic carbocycles. The van der Waals surface area contributed by atoms with Crippen LogP contribution >= 0.6 is 0 Å². The number of hydrogen-bond acceptors (Lipinski definition) is 4. The van der Waals surface area contributed by atoms with Gasteiger partial charge in [-0.2, -0.15) is 0 Å². The summed E-state index contributed by atoms with van der Waals surface area (Å²) < 4.78 is 10.4. The van der Waals surface area contributed by atoms with Crippen LogP contribution in [0.5, 0.6) is 11.5 Å². The monoisotopic (exact) mass is 321 g/mol. The summed E-state index contributed by atoms with van der Waals surface area (Å²) in [6.07, 6.45) is 1.55.